The zero-order valence-electron chi connectivity index (χ0n) is 19.8. The number of ether oxygens (including phenoxy) is 3. The fraction of sp³-hybridized carbons (Fsp3) is 0.522. The standard InChI is InChI=1S/C23H31BrN4O5/c1-6-31-21(29)20-19(24)18(26(5)25-20)15-32-17-9-7-16(8-10-17)27-11-13-28(14-12-27)22(30)33-23(2,3)4/h7-10H,6,11-15H2,1-5H3. The molecule has 0 N–H and O–H groups in total. The third-order valence-electron chi connectivity index (χ3n) is 5.08. The third kappa shape index (κ3) is 6.40. The lowest BCUT2D eigenvalue weighted by molar-refractivity contribution is 0.0240. The maximum absolute atomic E-state index is 12.2. The molecule has 2 heterocycles. The van der Waals surface area contributed by atoms with Crippen molar-refractivity contribution in [1.29, 1.82) is 0 Å². The van der Waals surface area contributed by atoms with Gasteiger partial charge in [-0.2, -0.15) is 5.10 Å². The number of esters is 1. The van der Waals surface area contributed by atoms with E-state index in [0.717, 1.165) is 24.5 Å². The van der Waals surface area contributed by atoms with Crippen molar-refractivity contribution in [2.45, 2.75) is 39.9 Å². The molecule has 2 aromatic rings. The molecule has 0 bridgehead atoms. The first-order valence-electron chi connectivity index (χ1n) is 10.9. The van der Waals surface area contributed by atoms with E-state index in [2.05, 4.69) is 25.9 Å². The van der Waals surface area contributed by atoms with Crippen molar-refractivity contribution in [1.82, 2.24) is 14.7 Å². The molecule has 1 aromatic carbocycles. The van der Waals surface area contributed by atoms with E-state index in [-0.39, 0.29) is 25.0 Å². The summed E-state index contributed by atoms with van der Waals surface area (Å²) in [4.78, 5) is 28.2. The number of amides is 1. The van der Waals surface area contributed by atoms with Gasteiger partial charge in [-0.05, 0) is 67.9 Å². The number of anilines is 1. The van der Waals surface area contributed by atoms with Gasteiger partial charge in [0.05, 0.1) is 16.8 Å². The molecule has 1 aliphatic heterocycles. The summed E-state index contributed by atoms with van der Waals surface area (Å²) in [5.41, 5.74) is 1.55. The van der Waals surface area contributed by atoms with Gasteiger partial charge in [-0.3, -0.25) is 4.68 Å². The SMILES string of the molecule is CCOC(=O)c1nn(C)c(COc2ccc(N3CCN(C(=O)OC(C)(C)C)CC3)cc2)c1Br. The van der Waals surface area contributed by atoms with Crippen LogP contribution in [0.5, 0.6) is 5.75 Å². The van der Waals surface area contributed by atoms with Crippen molar-refractivity contribution >= 4 is 33.7 Å². The topological polar surface area (TPSA) is 86.1 Å². The minimum absolute atomic E-state index is 0.235. The molecule has 1 aliphatic rings. The first-order valence-corrected chi connectivity index (χ1v) is 11.7. The predicted molar refractivity (Wildman–Crippen MR) is 128 cm³/mol. The second kappa shape index (κ2) is 10.5. The monoisotopic (exact) mass is 522 g/mol. The van der Waals surface area contributed by atoms with E-state index >= 15 is 0 Å². The maximum atomic E-state index is 12.2. The second-order valence-electron chi connectivity index (χ2n) is 8.69. The van der Waals surface area contributed by atoms with Gasteiger partial charge in [-0.1, -0.05) is 0 Å². The highest BCUT2D eigenvalue weighted by Crippen LogP contribution is 2.25. The molecule has 1 saturated heterocycles. The zero-order valence-corrected chi connectivity index (χ0v) is 21.3. The van der Waals surface area contributed by atoms with Crippen LogP contribution in [0.25, 0.3) is 0 Å². The lowest BCUT2D eigenvalue weighted by Crippen LogP contribution is -2.50. The average molecular weight is 523 g/mol. The van der Waals surface area contributed by atoms with Gasteiger partial charge in [-0.15, -0.1) is 0 Å². The van der Waals surface area contributed by atoms with Gasteiger partial charge in [0.1, 0.15) is 18.0 Å². The van der Waals surface area contributed by atoms with E-state index < -0.39 is 11.6 Å². The van der Waals surface area contributed by atoms with Crippen LogP contribution in [-0.2, 0) is 23.1 Å². The molecule has 180 valence electrons. The minimum Gasteiger partial charge on any atom is -0.487 e. The zero-order chi connectivity index (χ0) is 24.2. The molecule has 0 radical (unpaired) electrons. The number of halogens is 1. The molecule has 0 saturated carbocycles. The number of carbonyl (C=O) groups excluding carboxylic acids is 2. The average Bonchev–Trinajstić information content (AvgIpc) is 3.05. The van der Waals surface area contributed by atoms with Gasteiger partial charge in [0.2, 0.25) is 0 Å². The molecular weight excluding hydrogens is 492 g/mol. The van der Waals surface area contributed by atoms with Crippen molar-refractivity contribution in [3.8, 4) is 5.75 Å². The first kappa shape index (κ1) is 24.9. The van der Waals surface area contributed by atoms with Crippen LogP contribution >= 0.6 is 15.9 Å². The van der Waals surface area contributed by atoms with Gasteiger partial charge >= 0.3 is 12.1 Å². The van der Waals surface area contributed by atoms with Crippen LogP contribution in [0.3, 0.4) is 0 Å². The fourth-order valence-electron chi connectivity index (χ4n) is 3.40. The number of carbonyl (C=O) groups is 2. The van der Waals surface area contributed by atoms with Crippen molar-refractivity contribution in [2.24, 2.45) is 7.05 Å². The van der Waals surface area contributed by atoms with E-state index in [1.807, 2.05) is 45.0 Å². The number of hydrogen-bond donors (Lipinski definition) is 0. The Hall–Kier alpha value is -2.75. The molecule has 1 fully saturated rings. The highest BCUT2D eigenvalue weighted by atomic mass is 79.9. The Balaban J connectivity index is 1.55. The van der Waals surface area contributed by atoms with Crippen molar-refractivity contribution in [3.63, 3.8) is 0 Å². The number of nitrogens with zero attached hydrogens (tertiary/aromatic N) is 4. The summed E-state index contributed by atoms with van der Waals surface area (Å²) >= 11 is 3.43. The molecule has 10 heteroatoms. The van der Waals surface area contributed by atoms with Crippen LogP contribution in [-0.4, -0.2) is 65.1 Å². The summed E-state index contributed by atoms with van der Waals surface area (Å²) in [6, 6.07) is 7.82. The number of rotatable bonds is 6. The summed E-state index contributed by atoms with van der Waals surface area (Å²) in [6.07, 6.45) is -0.265. The molecule has 9 nitrogen and oxygen atoms in total. The van der Waals surface area contributed by atoms with E-state index in [9.17, 15) is 9.59 Å². The summed E-state index contributed by atoms with van der Waals surface area (Å²) in [5, 5.41) is 4.23. The highest BCUT2D eigenvalue weighted by molar-refractivity contribution is 9.10. The van der Waals surface area contributed by atoms with E-state index in [1.165, 1.54) is 0 Å². The largest absolute Gasteiger partial charge is 0.487 e. The Labute approximate surface area is 202 Å². The van der Waals surface area contributed by atoms with E-state index in [4.69, 9.17) is 14.2 Å². The van der Waals surface area contributed by atoms with E-state index in [0.29, 0.717) is 23.3 Å². The van der Waals surface area contributed by atoms with Gasteiger partial charge in [0.25, 0.3) is 0 Å². The van der Waals surface area contributed by atoms with Crippen molar-refractivity contribution in [3.05, 3.63) is 40.1 Å². The molecule has 0 spiro atoms. The van der Waals surface area contributed by atoms with Crippen molar-refractivity contribution < 1.29 is 23.8 Å². The molecule has 0 atom stereocenters. The quantitative estimate of drug-likeness (QED) is 0.530. The van der Waals surface area contributed by atoms with Crippen LogP contribution < -0.4 is 9.64 Å². The molecule has 1 aromatic heterocycles. The molecule has 0 aliphatic carbocycles. The highest BCUT2D eigenvalue weighted by Gasteiger charge is 2.26. The molecule has 0 unspecified atom stereocenters. The Morgan fingerprint density at radius 1 is 1.09 bits per heavy atom. The molecule has 3 rings (SSSR count). The smallest absolute Gasteiger partial charge is 0.410 e. The second-order valence-corrected chi connectivity index (χ2v) is 9.48. The number of aryl methyl sites for hydroxylation is 1. The van der Waals surface area contributed by atoms with Crippen LogP contribution in [0.15, 0.2) is 28.7 Å². The Morgan fingerprint density at radius 3 is 2.30 bits per heavy atom. The van der Waals surface area contributed by atoms with Crippen LogP contribution in [0, 0.1) is 0 Å². The van der Waals surface area contributed by atoms with Crippen LogP contribution in [0.1, 0.15) is 43.9 Å². The Bertz CT molecular complexity index is 976. The normalized spacial score (nSPS) is 14.2. The summed E-state index contributed by atoms with van der Waals surface area (Å²) in [5.74, 6) is 0.235. The third-order valence-corrected chi connectivity index (χ3v) is 5.91. The number of piperazine rings is 1. The van der Waals surface area contributed by atoms with Gasteiger partial charge in [0.15, 0.2) is 5.69 Å². The summed E-state index contributed by atoms with van der Waals surface area (Å²) < 4.78 is 18.6. The lowest BCUT2D eigenvalue weighted by Gasteiger charge is -2.36. The number of benzene rings is 1. The lowest BCUT2D eigenvalue weighted by atomic mass is 10.2. The molecular formula is C23H31BrN4O5. The predicted octanol–water partition coefficient (Wildman–Crippen LogP) is 4.00. The molecule has 1 amide bonds. The Kier molecular flexibility index (Phi) is 7.88. The summed E-state index contributed by atoms with van der Waals surface area (Å²) in [6.45, 7) is 10.6. The number of aromatic nitrogens is 2. The first-order chi connectivity index (χ1) is 15.6. The number of hydrogen-bond acceptors (Lipinski definition) is 7. The minimum atomic E-state index is -0.491. The summed E-state index contributed by atoms with van der Waals surface area (Å²) in [7, 11) is 1.76. The van der Waals surface area contributed by atoms with Crippen LogP contribution in [0.4, 0.5) is 10.5 Å². The maximum Gasteiger partial charge on any atom is 0.410 e. The fourth-order valence-corrected chi connectivity index (χ4v) is 4.01. The van der Waals surface area contributed by atoms with E-state index in [1.54, 1.807) is 23.6 Å². The van der Waals surface area contributed by atoms with Crippen LogP contribution in [0.2, 0.25) is 0 Å². The Morgan fingerprint density at radius 2 is 1.73 bits per heavy atom. The van der Waals surface area contributed by atoms with Gasteiger partial charge in [0, 0.05) is 38.9 Å². The van der Waals surface area contributed by atoms with Gasteiger partial charge < -0.3 is 24.0 Å². The molecule has 33 heavy (non-hydrogen) atoms. The van der Waals surface area contributed by atoms with Crippen molar-refractivity contribution in [2.75, 3.05) is 37.7 Å². The van der Waals surface area contributed by atoms with Gasteiger partial charge in [-0.25, -0.2) is 9.59 Å².